The zero-order valence-electron chi connectivity index (χ0n) is 23.3. The van der Waals surface area contributed by atoms with Crippen LogP contribution in [0.3, 0.4) is 0 Å². The molecule has 9 heteroatoms. The third kappa shape index (κ3) is 7.20. The molecule has 0 saturated carbocycles. The van der Waals surface area contributed by atoms with E-state index in [1.807, 2.05) is 13.0 Å². The van der Waals surface area contributed by atoms with Gasteiger partial charge in [0.1, 0.15) is 11.3 Å². The number of aromatic amines is 1. The molecule has 0 spiro atoms. The summed E-state index contributed by atoms with van der Waals surface area (Å²) in [6.45, 7) is 12.1. The SMILES string of the molecule is C.CCC.CCc1c(N(CC)C2CCOCC2)cc2oc(F)cc2c1C(=O)NCc1c(OC)cc(C)[nH]c1=O. The van der Waals surface area contributed by atoms with Gasteiger partial charge in [0.25, 0.3) is 17.5 Å². The van der Waals surface area contributed by atoms with Crippen LogP contribution < -0.4 is 20.5 Å². The summed E-state index contributed by atoms with van der Waals surface area (Å²) < 4.78 is 30.4. The number of fused-ring (bicyclic) bond motifs is 1. The Kier molecular flexibility index (Phi) is 12.0. The summed E-state index contributed by atoms with van der Waals surface area (Å²) in [6.07, 6.45) is 3.56. The van der Waals surface area contributed by atoms with Gasteiger partial charge in [-0.3, -0.25) is 9.59 Å². The van der Waals surface area contributed by atoms with Crippen LogP contribution in [0.2, 0.25) is 0 Å². The number of aryl methyl sites for hydroxylation is 1. The fourth-order valence-electron chi connectivity index (χ4n) is 4.97. The van der Waals surface area contributed by atoms with Crippen LogP contribution in [0.1, 0.15) is 81.6 Å². The molecule has 39 heavy (non-hydrogen) atoms. The second-order valence-corrected chi connectivity index (χ2v) is 9.41. The molecular weight excluding hydrogens is 501 g/mol. The quantitative estimate of drug-likeness (QED) is 0.354. The summed E-state index contributed by atoms with van der Waals surface area (Å²) in [4.78, 5) is 31.1. The highest BCUT2D eigenvalue weighted by molar-refractivity contribution is 6.09. The van der Waals surface area contributed by atoms with Gasteiger partial charge in [-0.15, -0.1) is 0 Å². The molecule has 0 atom stereocenters. The van der Waals surface area contributed by atoms with Crippen molar-refractivity contribution in [3.05, 3.63) is 57.0 Å². The van der Waals surface area contributed by atoms with Crippen LogP contribution in [-0.2, 0) is 17.7 Å². The summed E-state index contributed by atoms with van der Waals surface area (Å²) in [7, 11) is 1.48. The van der Waals surface area contributed by atoms with Gasteiger partial charge in [0, 0.05) is 54.7 Å². The Labute approximate surface area is 230 Å². The molecule has 8 nitrogen and oxygen atoms in total. The number of methoxy groups -OCH3 is 1. The van der Waals surface area contributed by atoms with Crippen molar-refractivity contribution >= 4 is 22.6 Å². The molecule has 1 amide bonds. The van der Waals surface area contributed by atoms with Gasteiger partial charge >= 0.3 is 0 Å². The number of H-pyrrole nitrogens is 1. The van der Waals surface area contributed by atoms with Crippen LogP contribution in [0.25, 0.3) is 11.0 Å². The molecule has 3 heterocycles. The molecule has 0 unspecified atom stereocenters. The predicted octanol–water partition coefficient (Wildman–Crippen LogP) is 6.13. The lowest BCUT2D eigenvalue weighted by atomic mass is 9.95. The smallest absolute Gasteiger partial charge is 0.278 e. The Balaban J connectivity index is 0.00000127. The van der Waals surface area contributed by atoms with E-state index in [9.17, 15) is 14.0 Å². The van der Waals surface area contributed by atoms with Crippen LogP contribution >= 0.6 is 0 Å². The van der Waals surface area contributed by atoms with E-state index >= 15 is 0 Å². The molecule has 2 N–H and O–H groups in total. The molecule has 216 valence electrons. The summed E-state index contributed by atoms with van der Waals surface area (Å²) in [6, 6.07) is 4.29. The number of nitrogens with zero attached hydrogens (tertiary/aromatic N) is 1. The van der Waals surface area contributed by atoms with Gasteiger partial charge in [-0.1, -0.05) is 34.6 Å². The van der Waals surface area contributed by atoms with Crippen LogP contribution in [0.5, 0.6) is 5.75 Å². The molecule has 3 aromatic rings. The van der Waals surface area contributed by atoms with Crippen LogP contribution in [0, 0.1) is 12.9 Å². The number of aromatic nitrogens is 1. The highest BCUT2D eigenvalue weighted by Gasteiger charge is 2.28. The van der Waals surface area contributed by atoms with E-state index in [-0.39, 0.29) is 25.6 Å². The fraction of sp³-hybridized carbons (Fsp3) is 0.533. The maximum absolute atomic E-state index is 14.2. The number of rotatable bonds is 8. The van der Waals surface area contributed by atoms with Crippen molar-refractivity contribution in [1.29, 1.82) is 0 Å². The normalized spacial score (nSPS) is 13.3. The van der Waals surface area contributed by atoms with Crippen molar-refractivity contribution in [3.63, 3.8) is 0 Å². The van der Waals surface area contributed by atoms with E-state index in [2.05, 4.69) is 36.0 Å². The summed E-state index contributed by atoms with van der Waals surface area (Å²) in [5.41, 5.74) is 2.99. The van der Waals surface area contributed by atoms with E-state index in [1.54, 1.807) is 13.0 Å². The van der Waals surface area contributed by atoms with Crippen molar-refractivity contribution in [3.8, 4) is 5.75 Å². The molecule has 1 aromatic carbocycles. The van der Waals surface area contributed by atoms with Gasteiger partial charge in [-0.2, -0.15) is 4.39 Å². The number of pyridine rings is 1. The molecule has 1 fully saturated rings. The number of anilines is 1. The predicted molar refractivity (Wildman–Crippen MR) is 155 cm³/mol. The Morgan fingerprint density at radius 2 is 1.82 bits per heavy atom. The molecule has 1 aliphatic heterocycles. The molecule has 0 bridgehead atoms. The topological polar surface area (TPSA) is 96.8 Å². The number of nitrogens with one attached hydrogen (secondary N) is 2. The number of carbonyl (C=O) groups is 1. The third-order valence-corrected chi connectivity index (χ3v) is 6.62. The highest BCUT2D eigenvalue weighted by atomic mass is 19.1. The Bertz CT molecular complexity index is 1290. The van der Waals surface area contributed by atoms with Crippen LogP contribution in [0.15, 0.2) is 27.4 Å². The number of benzene rings is 1. The van der Waals surface area contributed by atoms with Gasteiger partial charge in [-0.25, -0.2) is 0 Å². The second-order valence-electron chi connectivity index (χ2n) is 9.41. The maximum Gasteiger partial charge on any atom is 0.278 e. The van der Waals surface area contributed by atoms with E-state index in [0.717, 1.165) is 30.6 Å². The van der Waals surface area contributed by atoms with Crippen molar-refractivity contribution in [1.82, 2.24) is 10.3 Å². The lowest BCUT2D eigenvalue weighted by Crippen LogP contribution is -2.40. The van der Waals surface area contributed by atoms with E-state index < -0.39 is 11.9 Å². The van der Waals surface area contributed by atoms with E-state index in [0.29, 0.717) is 53.2 Å². The van der Waals surface area contributed by atoms with Gasteiger partial charge in [0.05, 0.1) is 24.8 Å². The minimum Gasteiger partial charge on any atom is -0.496 e. The van der Waals surface area contributed by atoms with Crippen molar-refractivity contribution < 1.29 is 23.1 Å². The molecule has 1 aliphatic rings. The molecule has 2 aromatic heterocycles. The van der Waals surface area contributed by atoms with Gasteiger partial charge in [0.15, 0.2) is 0 Å². The number of carbonyl (C=O) groups excluding carboxylic acids is 1. The minimum atomic E-state index is -0.751. The Hall–Kier alpha value is -3.33. The van der Waals surface area contributed by atoms with Gasteiger partial charge in [-0.05, 0) is 44.7 Å². The van der Waals surface area contributed by atoms with Crippen molar-refractivity contribution in [2.75, 3.05) is 31.8 Å². The first kappa shape index (κ1) is 31.9. The van der Waals surface area contributed by atoms with Crippen molar-refractivity contribution in [2.45, 2.75) is 80.3 Å². The lowest BCUT2D eigenvalue weighted by Gasteiger charge is -2.37. The molecular formula is C30H44FN3O5. The fourth-order valence-corrected chi connectivity index (χ4v) is 4.97. The number of hydrogen-bond donors (Lipinski definition) is 2. The second kappa shape index (κ2) is 14.7. The molecule has 4 rings (SSSR count). The average Bonchev–Trinajstić information content (AvgIpc) is 3.27. The van der Waals surface area contributed by atoms with Crippen LogP contribution in [-0.4, -0.2) is 43.8 Å². The first-order valence-electron chi connectivity index (χ1n) is 13.4. The zero-order valence-corrected chi connectivity index (χ0v) is 23.3. The third-order valence-electron chi connectivity index (χ3n) is 6.62. The number of furan rings is 1. The largest absolute Gasteiger partial charge is 0.496 e. The maximum atomic E-state index is 14.2. The summed E-state index contributed by atoms with van der Waals surface area (Å²) in [5.74, 6) is -0.00764. The number of hydrogen-bond acceptors (Lipinski definition) is 6. The number of ether oxygens (including phenoxy) is 2. The van der Waals surface area contributed by atoms with E-state index in [1.165, 1.54) is 19.6 Å². The first-order chi connectivity index (χ1) is 18.3. The molecule has 0 radical (unpaired) electrons. The van der Waals surface area contributed by atoms with Crippen LogP contribution in [0.4, 0.5) is 10.1 Å². The standard InChI is InChI=1S/C26H32FN3O5.C3H8.CH4/c1-5-17-20(30(6-2)16-7-9-34-10-8-16)13-22-18(12-23(27)35-22)24(17)26(32)28-14-19-21(33-4)11-15(3)29-25(19)31;1-3-2;/h11-13,16H,5-10,14H2,1-4H3,(H,28,32)(H,29,31);3H2,1-2H3;1H4. The van der Waals surface area contributed by atoms with E-state index in [4.69, 9.17) is 13.9 Å². The number of halogens is 1. The van der Waals surface area contributed by atoms with Gasteiger partial charge in [0.2, 0.25) is 0 Å². The summed E-state index contributed by atoms with van der Waals surface area (Å²) >= 11 is 0. The molecule has 1 saturated heterocycles. The molecule has 0 aliphatic carbocycles. The lowest BCUT2D eigenvalue weighted by molar-refractivity contribution is 0.0845. The highest BCUT2D eigenvalue weighted by Crippen LogP contribution is 2.36. The monoisotopic (exact) mass is 545 g/mol. The average molecular weight is 546 g/mol. The zero-order chi connectivity index (χ0) is 27.8. The first-order valence-corrected chi connectivity index (χ1v) is 13.4. The summed E-state index contributed by atoms with van der Waals surface area (Å²) in [5, 5.41) is 3.26. The number of amides is 1. The minimum absolute atomic E-state index is 0. The Morgan fingerprint density at radius 1 is 1.15 bits per heavy atom. The van der Waals surface area contributed by atoms with Crippen molar-refractivity contribution in [2.24, 2.45) is 0 Å². The Morgan fingerprint density at radius 3 is 2.41 bits per heavy atom. The van der Waals surface area contributed by atoms with Gasteiger partial charge < -0.3 is 29.1 Å².